The summed E-state index contributed by atoms with van der Waals surface area (Å²) >= 11 is 2.61. The Morgan fingerprint density at radius 1 is 1.37 bits per heavy atom. The highest BCUT2D eigenvalue weighted by molar-refractivity contribution is 8.00. The van der Waals surface area contributed by atoms with Crippen molar-refractivity contribution in [2.75, 3.05) is 45.3 Å². The first kappa shape index (κ1) is 30.9. The van der Waals surface area contributed by atoms with Gasteiger partial charge in [0.2, 0.25) is 0 Å². The molecule has 4 heterocycles. The Morgan fingerprint density at radius 3 is 2.57 bits per heavy atom. The van der Waals surface area contributed by atoms with Gasteiger partial charge in [-0.1, -0.05) is 5.16 Å². The van der Waals surface area contributed by atoms with Gasteiger partial charge >= 0.3 is 5.97 Å². The SMILES string of the molecule is CO/N=C(\C(=O)N[C@@H]1C(=O)N2C(C(=O)O)=C(C[N+]3(C)CCCC3)CS[C@H]12)c1csc(N)n1.Cl.Cl.O. The molecular weight excluding hydrogens is 543 g/mol. The van der Waals surface area contributed by atoms with Crippen LogP contribution in [0, 0.1) is 0 Å². The number of hydrogen-bond acceptors (Lipinski definition) is 9. The average Bonchev–Trinajstić information content (AvgIpc) is 3.37. The van der Waals surface area contributed by atoms with Crippen molar-refractivity contribution in [3.8, 4) is 0 Å². The number of thiazole rings is 1. The number of β-lactam (4-membered cyclic amide) rings is 1. The van der Waals surface area contributed by atoms with Crippen LogP contribution in [0.5, 0.6) is 0 Å². The van der Waals surface area contributed by atoms with Crippen molar-refractivity contribution in [3.63, 3.8) is 0 Å². The lowest BCUT2D eigenvalue weighted by Crippen LogP contribution is -2.71. The van der Waals surface area contributed by atoms with E-state index in [0.29, 0.717) is 12.3 Å². The average molecular weight is 573 g/mol. The molecule has 196 valence electrons. The zero-order chi connectivity index (χ0) is 23.0. The second-order valence-corrected chi connectivity index (χ2v) is 10.2. The van der Waals surface area contributed by atoms with E-state index in [9.17, 15) is 19.5 Å². The predicted octanol–water partition coefficient (Wildman–Crippen LogP) is 0.0737. The van der Waals surface area contributed by atoms with Gasteiger partial charge in [-0.2, -0.15) is 0 Å². The number of fused-ring (bicyclic) bond motifs is 1. The summed E-state index contributed by atoms with van der Waals surface area (Å²) in [5, 5.41) is 17.6. The second-order valence-electron chi connectivity index (χ2n) is 8.24. The number of aromatic nitrogens is 1. The maximum atomic E-state index is 12.9. The highest BCUT2D eigenvalue weighted by Crippen LogP contribution is 2.41. The maximum Gasteiger partial charge on any atom is 0.352 e. The third-order valence-corrected chi connectivity index (χ3v) is 7.93. The van der Waals surface area contributed by atoms with Gasteiger partial charge in [0.05, 0.1) is 20.1 Å². The fourth-order valence-electron chi connectivity index (χ4n) is 4.42. The fourth-order valence-corrected chi connectivity index (χ4v) is 6.31. The molecule has 0 aromatic carbocycles. The minimum atomic E-state index is -1.12. The van der Waals surface area contributed by atoms with Crippen LogP contribution in [0.25, 0.3) is 0 Å². The largest absolute Gasteiger partial charge is 0.477 e. The van der Waals surface area contributed by atoms with Gasteiger partial charge in [-0.25, -0.2) is 9.78 Å². The van der Waals surface area contributed by atoms with Gasteiger partial charge in [0.1, 0.15) is 36.5 Å². The summed E-state index contributed by atoms with van der Waals surface area (Å²) in [7, 11) is 3.42. The van der Waals surface area contributed by atoms with E-state index in [2.05, 4.69) is 22.5 Å². The number of carboxylic acid groups (broad SMARTS) is 1. The summed E-state index contributed by atoms with van der Waals surface area (Å²) in [6.07, 6.45) is 2.24. The van der Waals surface area contributed by atoms with Crippen molar-refractivity contribution in [2.45, 2.75) is 24.3 Å². The van der Waals surface area contributed by atoms with Crippen molar-refractivity contribution in [1.82, 2.24) is 15.2 Å². The van der Waals surface area contributed by atoms with Crippen LogP contribution in [-0.2, 0) is 19.2 Å². The van der Waals surface area contributed by atoms with Crippen LogP contribution in [0.1, 0.15) is 18.5 Å². The van der Waals surface area contributed by atoms with E-state index in [4.69, 9.17) is 10.6 Å². The van der Waals surface area contributed by atoms with Crippen molar-refractivity contribution in [2.24, 2.45) is 5.16 Å². The number of likely N-dealkylation sites (tertiary alicyclic amines) is 1. The highest BCUT2D eigenvalue weighted by Gasteiger charge is 2.55. The van der Waals surface area contributed by atoms with Crippen LogP contribution in [0.4, 0.5) is 5.13 Å². The van der Waals surface area contributed by atoms with E-state index in [1.807, 2.05) is 0 Å². The van der Waals surface area contributed by atoms with Gasteiger partial charge in [-0.05, 0) is 0 Å². The Hall–Kier alpha value is -2.10. The van der Waals surface area contributed by atoms with Crippen LogP contribution < -0.4 is 11.1 Å². The smallest absolute Gasteiger partial charge is 0.352 e. The van der Waals surface area contributed by atoms with Gasteiger partial charge in [-0.3, -0.25) is 14.5 Å². The Bertz CT molecular complexity index is 1030. The third kappa shape index (κ3) is 6.01. The Kier molecular flexibility index (Phi) is 10.8. The summed E-state index contributed by atoms with van der Waals surface area (Å²) in [5.74, 6) is -1.71. The number of nitrogens with one attached hydrogen (secondary N) is 1. The molecule has 0 spiro atoms. The van der Waals surface area contributed by atoms with E-state index in [1.165, 1.54) is 23.8 Å². The molecule has 0 radical (unpaired) electrons. The lowest BCUT2D eigenvalue weighted by Gasteiger charge is -2.49. The van der Waals surface area contributed by atoms with E-state index in [-0.39, 0.29) is 52.5 Å². The van der Waals surface area contributed by atoms with E-state index in [1.54, 1.807) is 5.38 Å². The molecule has 6 N–H and O–H groups in total. The molecule has 2 amide bonds. The number of nitrogens with zero attached hydrogens (tertiary/aromatic N) is 4. The highest BCUT2D eigenvalue weighted by atomic mass is 35.5. The number of aliphatic carboxylic acids is 1. The number of thioether (sulfide) groups is 1. The Labute approximate surface area is 222 Å². The lowest BCUT2D eigenvalue weighted by molar-refractivity contribution is -0.893. The number of carbonyl (C=O) groups excluding carboxylic acids is 2. The molecule has 0 unspecified atom stereocenters. The normalized spacial score (nSPS) is 22.6. The minimum absolute atomic E-state index is 0. The summed E-state index contributed by atoms with van der Waals surface area (Å²) in [6, 6.07) is -0.863. The molecule has 3 aliphatic heterocycles. The standard InChI is InChI=1S/C19H24N6O5S2.2ClH.H2O/c1-25(5-3-4-6-25)7-10-8-31-17-13(16(27)24(17)14(10)18(28)29)22-15(26)12(23-30-2)11-9-32-19(20)21-11;;;/h9,13,17H,3-8H2,1-2H3,(H3-,20,21,22,26,28,29);2*1H;1H2/p+1/b23-12-;;;/t13-,17-;;;/m1.../s1. The molecular formula is C19H29Cl2N6O6S2+. The molecule has 2 atom stereocenters. The van der Waals surface area contributed by atoms with E-state index in [0.717, 1.165) is 47.3 Å². The molecule has 16 heteroatoms. The summed E-state index contributed by atoms with van der Waals surface area (Å²) in [6.45, 7) is 2.61. The molecule has 0 aliphatic carbocycles. The van der Waals surface area contributed by atoms with Crippen molar-refractivity contribution < 1.29 is 34.3 Å². The molecule has 1 aromatic rings. The number of rotatable bonds is 7. The Morgan fingerprint density at radius 2 is 2.03 bits per heavy atom. The molecule has 0 bridgehead atoms. The molecule has 12 nitrogen and oxygen atoms in total. The predicted molar refractivity (Wildman–Crippen MR) is 138 cm³/mol. The number of anilines is 1. The van der Waals surface area contributed by atoms with E-state index >= 15 is 0 Å². The zero-order valence-electron chi connectivity index (χ0n) is 19.1. The number of amides is 2. The van der Waals surface area contributed by atoms with Crippen LogP contribution in [0.2, 0.25) is 0 Å². The summed E-state index contributed by atoms with van der Waals surface area (Å²) in [5.41, 5.74) is 6.59. The summed E-state index contributed by atoms with van der Waals surface area (Å²) < 4.78 is 0.785. The lowest BCUT2D eigenvalue weighted by atomic mass is 10.0. The number of likely N-dealkylation sites (N-methyl/N-ethyl adjacent to an activating group) is 1. The number of oxime groups is 1. The zero-order valence-corrected chi connectivity index (χ0v) is 22.3. The van der Waals surface area contributed by atoms with E-state index < -0.39 is 29.2 Å². The van der Waals surface area contributed by atoms with Crippen LogP contribution in [-0.4, -0.2) is 99.4 Å². The third-order valence-electron chi connectivity index (χ3n) is 5.92. The Balaban J connectivity index is 0.00000204. The van der Waals surface area contributed by atoms with Gasteiger partial charge in [0, 0.05) is 29.5 Å². The van der Waals surface area contributed by atoms with Crippen LogP contribution in [0.3, 0.4) is 0 Å². The topological polar surface area (TPSA) is 179 Å². The van der Waals surface area contributed by atoms with Crippen LogP contribution in [0.15, 0.2) is 21.8 Å². The number of nitrogens with two attached hydrogens (primary N) is 1. The van der Waals surface area contributed by atoms with Crippen molar-refractivity contribution in [1.29, 1.82) is 0 Å². The number of halogens is 2. The van der Waals surface area contributed by atoms with Crippen molar-refractivity contribution >= 4 is 76.5 Å². The number of carbonyl (C=O) groups is 3. The summed E-state index contributed by atoms with van der Waals surface area (Å²) in [4.78, 5) is 47.9. The monoisotopic (exact) mass is 571 g/mol. The number of quaternary nitrogens is 1. The van der Waals surface area contributed by atoms with Gasteiger partial charge < -0.3 is 31.0 Å². The minimum Gasteiger partial charge on any atom is -0.477 e. The number of carboxylic acids is 1. The van der Waals surface area contributed by atoms with Crippen molar-refractivity contribution in [3.05, 3.63) is 22.3 Å². The molecule has 3 aliphatic rings. The quantitative estimate of drug-likeness (QED) is 0.178. The second kappa shape index (κ2) is 12.2. The molecule has 1 aromatic heterocycles. The van der Waals surface area contributed by atoms with Gasteiger partial charge in [-0.15, -0.1) is 47.9 Å². The molecule has 35 heavy (non-hydrogen) atoms. The number of nitrogen functional groups attached to an aromatic ring is 1. The molecule has 2 fully saturated rings. The molecule has 0 saturated carbocycles. The first-order chi connectivity index (χ1) is 15.2. The first-order valence-corrected chi connectivity index (χ1v) is 12.0. The fraction of sp³-hybridized carbons (Fsp3) is 0.526. The van der Waals surface area contributed by atoms with Gasteiger partial charge in [0.15, 0.2) is 10.8 Å². The number of hydrogen-bond donors (Lipinski definition) is 3. The van der Waals surface area contributed by atoms with Gasteiger partial charge in [0.25, 0.3) is 11.8 Å². The van der Waals surface area contributed by atoms with Crippen LogP contribution >= 0.6 is 47.9 Å². The maximum absolute atomic E-state index is 12.9. The molecule has 2 saturated heterocycles. The first-order valence-electron chi connectivity index (χ1n) is 10.1. The molecule has 4 rings (SSSR count).